The maximum Gasteiger partial charge on any atom is 0.280 e. The molecule has 0 saturated heterocycles. The van der Waals surface area contributed by atoms with E-state index >= 15 is 0 Å². The normalized spacial score (nSPS) is 15.1. The number of nitrogens with two attached hydrogens (primary N) is 1. The molecule has 1 aromatic rings. The van der Waals surface area contributed by atoms with Gasteiger partial charge in [-0.1, -0.05) is 0 Å². The summed E-state index contributed by atoms with van der Waals surface area (Å²) in [7, 11) is 0. The second kappa shape index (κ2) is 6.07. The van der Waals surface area contributed by atoms with E-state index in [1.165, 1.54) is 9.47 Å². The lowest BCUT2D eigenvalue weighted by Gasteiger charge is -2.23. The Morgan fingerprint density at radius 1 is 1.60 bits per heavy atom. The number of rotatable bonds is 6. The standard InChI is InChI=1S/C11H19N5O4/c1-2-15-9(18)7-8(14-10(15)12)16(6-13-7)11(19)20-5-3-4-17/h11,13,17,19H,2-6H2,1H3,(H2,12,14). The van der Waals surface area contributed by atoms with Crippen molar-refractivity contribution in [2.24, 2.45) is 0 Å². The molecule has 1 aromatic heterocycles. The van der Waals surface area contributed by atoms with E-state index < -0.39 is 6.41 Å². The minimum atomic E-state index is -1.25. The molecule has 0 aliphatic carbocycles. The molecule has 0 amide bonds. The summed E-state index contributed by atoms with van der Waals surface area (Å²) in [5.74, 6) is 0.362. The maximum absolute atomic E-state index is 12.1. The molecule has 1 aliphatic rings. The molecule has 112 valence electrons. The summed E-state index contributed by atoms with van der Waals surface area (Å²) in [6, 6.07) is 0. The van der Waals surface area contributed by atoms with Crippen LogP contribution in [0.5, 0.6) is 0 Å². The number of aliphatic hydroxyl groups is 2. The second-order valence-electron chi connectivity index (χ2n) is 4.30. The largest absolute Gasteiger partial charge is 0.396 e. The van der Waals surface area contributed by atoms with E-state index in [4.69, 9.17) is 15.6 Å². The molecular formula is C11H19N5O4. The maximum atomic E-state index is 12.1. The van der Waals surface area contributed by atoms with Crippen LogP contribution >= 0.6 is 0 Å². The number of nitrogen functional groups attached to an aromatic ring is 1. The lowest BCUT2D eigenvalue weighted by molar-refractivity contribution is -0.100. The first-order chi connectivity index (χ1) is 9.60. The summed E-state index contributed by atoms with van der Waals surface area (Å²) in [5, 5.41) is 21.5. The first kappa shape index (κ1) is 14.6. The zero-order valence-corrected chi connectivity index (χ0v) is 11.2. The number of nitrogens with zero attached hydrogens (tertiary/aromatic N) is 3. The van der Waals surface area contributed by atoms with Gasteiger partial charge in [-0.15, -0.1) is 0 Å². The molecule has 2 heterocycles. The van der Waals surface area contributed by atoms with Gasteiger partial charge in [0.1, 0.15) is 5.69 Å². The molecule has 2 rings (SSSR count). The van der Waals surface area contributed by atoms with Crippen LogP contribution in [0.4, 0.5) is 17.5 Å². The van der Waals surface area contributed by atoms with Crippen molar-refractivity contribution in [1.82, 2.24) is 9.55 Å². The summed E-state index contributed by atoms with van der Waals surface area (Å²) >= 11 is 0. The van der Waals surface area contributed by atoms with Gasteiger partial charge in [0.2, 0.25) is 12.4 Å². The van der Waals surface area contributed by atoms with E-state index in [1.54, 1.807) is 6.92 Å². The highest BCUT2D eigenvalue weighted by molar-refractivity contribution is 5.71. The van der Waals surface area contributed by atoms with Crippen LogP contribution in [0.25, 0.3) is 0 Å². The van der Waals surface area contributed by atoms with Gasteiger partial charge in [-0.05, 0) is 13.3 Å². The fraction of sp³-hybridized carbons (Fsp3) is 0.636. The molecule has 20 heavy (non-hydrogen) atoms. The molecule has 0 aromatic carbocycles. The van der Waals surface area contributed by atoms with Crippen molar-refractivity contribution >= 4 is 17.5 Å². The van der Waals surface area contributed by atoms with E-state index in [0.29, 0.717) is 18.7 Å². The predicted molar refractivity (Wildman–Crippen MR) is 73.2 cm³/mol. The molecule has 0 radical (unpaired) electrons. The molecule has 1 atom stereocenters. The van der Waals surface area contributed by atoms with Gasteiger partial charge in [0.15, 0.2) is 5.82 Å². The van der Waals surface area contributed by atoms with Crippen molar-refractivity contribution in [3.05, 3.63) is 10.4 Å². The van der Waals surface area contributed by atoms with E-state index in [1.807, 2.05) is 0 Å². The number of aromatic nitrogens is 2. The Balaban J connectivity index is 2.22. The Labute approximate surface area is 115 Å². The molecule has 0 spiro atoms. The summed E-state index contributed by atoms with van der Waals surface area (Å²) in [6.45, 7) is 2.59. The summed E-state index contributed by atoms with van der Waals surface area (Å²) in [5.41, 5.74) is 5.75. The van der Waals surface area contributed by atoms with Gasteiger partial charge in [0, 0.05) is 13.2 Å². The highest BCUT2D eigenvalue weighted by atomic mass is 16.6. The third-order valence-corrected chi connectivity index (χ3v) is 3.03. The average Bonchev–Trinajstić information content (AvgIpc) is 2.83. The number of nitrogens with one attached hydrogen (secondary N) is 1. The van der Waals surface area contributed by atoms with Crippen molar-refractivity contribution in [3.8, 4) is 0 Å². The monoisotopic (exact) mass is 285 g/mol. The van der Waals surface area contributed by atoms with Gasteiger partial charge >= 0.3 is 0 Å². The van der Waals surface area contributed by atoms with E-state index in [0.717, 1.165) is 0 Å². The van der Waals surface area contributed by atoms with Gasteiger partial charge in [0.25, 0.3) is 5.56 Å². The third kappa shape index (κ3) is 2.55. The lowest BCUT2D eigenvalue weighted by atomic mass is 10.4. The van der Waals surface area contributed by atoms with Crippen molar-refractivity contribution in [1.29, 1.82) is 0 Å². The quantitative estimate of drug-likeness (QED) is 0.376. The van der Waals surface area contributed by atoms with Gasteiger partial charge in [-0.25, -0.2) is 0 Å². The van der Waals surface area contributed by atoms with Crippen molar-refractivity contribution < 1.29 is 14.9 Å². The van der Waals surface area contributed by atoms with Gasteiger partial charge < -0.3 is 26.0 Å². The van der Waals surface area contributed by atoms with Crippen LogP contribution in [0.2, 0.25) is 0 Å². The number of ether oxygens (including phenoxy) is 1. The summed E-state index contributed by atoms with van der Waals surface area (Å²) in [4.78, 5) is 17.7. The molecule has 0 saturated carbocycles. The summed E-state index contributed by atoms with van der Waals surface area (Å²) in [6.07, 6.45) is -0.836. The van der Waals surface area contributed by atoms with Crippen LogP contribution in [0, 0.1) is 0 Å². The Hall–Kier alpha value is -1.84. The van der Waals surface area contributed by atoms with Gasteiger partial charge in [-0.2, -0.15) is 4.98 Å². The summed E-state index contributed by atoms with van der Waals surface area (Å²) < 4.78 is 6.49. The molecule has 5 N–H and O–H groups in total. The van der Waals surface area contributed by atoms with Crippen LogP contribution in [0.1, 0.15) is 13.3 Å². The molecule has 0 bridgehead atoms. The highest BCUT2D eigenvalue weighted by Gasteiger charge is 2.30. The number of anilines is 3. The van der Waals surface area contributed by atoms with Crippen molar-refractivity contribution in [2.75, 3.05) is 35.8 Å². The smallest absolute Gasteiger partial charge is 0.280 e. The molecule has 9 heteroatoms. The van der Waals surface area contributed by atoms with Crippen LogP contribution < -0.4 is 21.5 Å². The fourth-order valence-corrected chi connectivity index (χ4v) is 1.99. The Kier molecular flexibility index (Phi) is 4.42. The first-order valence-corrected chi connectivity index (χ1v) is 6.41. The van der Waals surface area contributed by atoms with Crippen LogP contribution in [-0.4, -0.2) is 46.1 Å². The van der Waals surface area contributed by atoms with E-state index in [2.05, 4.69) is 10.3 Å². The van der Waals surface area contributed by atoms with Crippen LogP contribution in [0.15, 0.2) is 4.79 Å². The fourth-order valence-electron chi connectivity index (χ4n) is 1.99. The zero-order valence-electron chi connectivity index (χ0n) is 11.2. The topological polar surface area (TPSA) is 126 Å². The SMILES string of the molecule is CCn1c(N)nc2c(c1=O)NCN2C(O)OCCCO. The molecular weight excluding hydrogens is 266 g/mol. The molecule has 1 aliphatic heterocycles. The number of hydrogen-bond acceptors (Lipinski definition) is 8. The first-order valence-electron chi connectivity index (χ1n) is 6.41. The third-order valence-electron chi connectivity index (χ3n) is 3.03. The van der Waals surface area contributed by atoms with Crippen LogP contribution in [0.3, 0.4) is 0 Å². The second-order valence-corrected chi connectivity index (χ2v) is 4.30. The Morgan fingerprint density at radius 3 is 3.00 bits per heavy atom. The van der Waals surface area contributed by atoms with Gasteiger partial charge in [0.05, 0.1) is 13.3 Å². The average molecular weight is 285 g/mol. The molecule has 0 fully saturated rings. The van der Waals surface area contributed by atoms with Gasteiger partial charge in [-0.3, -0.25) is 14.3 Å². The highest BCUT2D eigenvalue weighted by Crippen LogP contribution is 2.27. The minimum Gasteiger partial charge on any atom is -0.396 e. The molecule has 1 unspecified atom stereocenters. The van der Waals surface area contributed by atoms with Crippen molar-refractivity contribution in [3.63, 3.8) is 0 Å². The van der Waals surface area contributed by atoms with E-state index in [-0.39, 0.29) is 37.2 Å². The number of fused-ring (bicyclic) bond motifs is 1. The van der Waals surface area contributed by atoms with Crippen LogP contribution in [-0.2, 0) is 11.3 Å². The number of aliphatic hydroxyl groups excluding tert-OH is 2. The minimum absolute atomic E-state index is 0.0199. The van der Waals surface area contributed by atoms with Crippen molar-refractivity contribution in [2.45, 2.75) is 26.3 Å². The lowest BCUT2D eigenvalue weighted by Crippen LogP contribution is -2.38. The molecule has 9 nitrogen and oxygen atoms in total. The Bertz CT molecular complexity index is 532. The Morgan fingerprint density at radius 2 is 2.35 bits per heavy atom. The van der Waals surface area contributed by atoms with E-state index in [9.17, 15) is 9.90 Å². The zero-order chi connectivity index (χ0) is 14.7. The predicted octanol–water partition coefficient (Wildman–Crippen LogP) is -1.29. The number of hydrogen-bond donors (Lipinski definition) is 4.